The van der Waals surface area contributed by atoms with Gasteiger partial charge >= 0.3 is 0 Å². The molecule has 224 valence electrons. The number of sulfonamides is 1. The molecule has 2 N–H and O–H groups in total. The molecule has 0 aromatic heterocycles. The second-order valence-corrected chi connectivity index (χ2v) is 12.5. The van der Waals surface area contributed by atoms with Gasteiger partial charge in [-0.3, -0.25) is 0 Å². The Labute approximate surface area is 254 Å². The number of benzene rings is 4. The van der Waals surface area contributed by atoms with Crippen LogP contribution in [0.1, 0.15) is 41.1 Å². The van der Waals surface area contributed by atoms with E-state index in [-0.39, 0.29) is 30.3 Å². The third-order valence-corrected chi connectivity index (χ3v) is 9.01. The molecule has 1 fully saturated rings. The molecule has 3 atom stereocenters. The van der Waals surface area contributed by atoms with Gasteiger partial charge in [-0.25, -0.2) is 13.1 Å². The first-order valence-electron chi connectivity index (χ1n) is 14.4. The van der Waals surface area contributed by atoms with Crippen LogP contribution in [0.25, 0.3) is 11.1 Å². The molecule has 7 nitrogen and oxygen atoms in total. The molecular formula is C35H38N2O5S. The number of nitrogens with one attached hydrogen (secondary N) is 1. The molecule has 0 unspecified atom stereocenters. The number of aliphatic hydroxyl groups excluding tert-OH is 1. The van der Waals surface area contributed by atoms with Crippen molar-refractivity contribution in [1.82, 2.24) is 9.62 Å². The van der Waals surface area contributed by atoms with Crippen LogP contribution in [-0.2, 0) is 32.6 Å². The second kappa shape index (κ2) is 14.2. The third-order valence-electron chi connectivity index (χ3n) is 7.59. The SMILES string of the molecule is C=CCN(C)C[C@@H]1C[C@H](c2ccc(CO)cc2)O[C@H](c2ccc(-c3ccccc3CNS(=O)(=O)c3ccccc3)cc2)O1. The van der Waals surface area contributed by atoms with Crippen molar-refractivity contribution < 1.29 is 23.0 Å². The molecule has 0 bridgehead atoms. The predicted molar refractivity (Wildman–Crippen MR) is 168 cm³/mol. The number of hydrogen-bond donors (Lipinski definition) is 2. The zero-order valence-electron chi connectivity index (χ0n) is 24.3. The fourth-order valence-electron chi connectivity index (χ4n) is 5.31. The summed E-state index contributed by atoms with van der Waals surface area (Å²) < 4.78 is 41.3. The minimum atomic E-state index is -3.63. The minimum absolute atomic E-state index is 0.000884. The van der Waals surface area contributed by atoms with E-state index >= 15 is 0 Å². The molecule has 1 aliphatic rings. The molecule has 5 rings (SSSR count). The number of likely N-dealkylation sites (N-methyl/N-ethyl adjacent to an activating group) is 1. The van der Waals surface area contributed by atoms with Crippen LogP contribution in [0.15, 0.2) is 121 Å². The average Bonchev–Trinajstić information content (AvgIpc) is 3.04. The first kappa shape index (κ1) is 30.8. The molecule has 0 aliphatic carbocycles. The molecule has 0 spiro atoms. The van der Waals surface area contributed by atoms with E-state index < -0.39 is 16.3 Å². The molecule has 1 heterocycles. The summed E-state index contributed by atoms with van der Waals surface area (Å²) in [6.45, 7) is 5.52. The Balaban J connectivity index is 1.34. The second-order valence-electron chi connectivity index (χ2n) is 10.8. The van der Waals surface area contributed by atoms with Crippen molar-refractivity contribution in [2.24, 2.45) is 0 Å². The normalized spacial score (nSPS) is 18.9. The van der Waals surface area contributed by atoms with E-state index in [1.165, 1.54) is 0 Å². The van der Waals surface area contributed by atoms with Gasteiger partial charge in [-0.15, -0.1) is 6.58 Å². The van der Waals surface area contributed by atoms with Crippen molar-refractivity contribution in [3.63, 3.8) is 0 Å². The smallest absolute Gasteiger partial charge is 0.240 e. The first-order chi connectivity index (χ1) is 20.9. The van der Waals surface area contributed by atoms with E-state index in [1.807, 2.05) is 85.9 Å². The number of rotatable bonds is 12. The topological polar surface area (TPSA) is 88.1 Å². The molecule has 0 radical (unpaired) electrons. The molecule has 8 heteroatoms. The number of ether oxygens (including phenoxy) is 2. The summed E-state index contributed by atoms with van der Waals surface area (Å²) in [5, 5.41) is 9.46. The molecule has 0 saturated carbocycles. The standard InChI is InChI=1S/C35H38N2O5S/c1-3-21-37(2)24-31-22-34(28-15-13-26(25-38)14-16-28)42-35(41-31)29-19-17-27(18-20-29)33-12-8-7-9-30(33)23-36-43(39,40)32-10-5-4-6-11-32/h3-20,31,34-36,38H,1,21-25H2,2H3/t31-,34+,35+/m0/s1. The van der Waals surface area contributed by atoms with Gasteiger partial charge in [0.15, 0.2) is 6.29 Å². The lowest BCUT2D eigenvalue weighted by Crippen LogP contribution is -2.37. The van der Waals surface area contributed by atoms with Crippen molar-refractivity contribution >= 4 is 10.0 Å². The van der Waals surface area contributed by atoms with Crippen LogP contribution in [0.3, 0.4) is 0 Å². The van der Waals surface area contributed by atoms with Gasteiger partial charge in [-0.05, 0) is 47.0 Å². The molecular weight excluding hydrogens is 560 g/mol. The maximum atomic E-state index is 12.8. The largest absolute Gasteiger partial charge is 0.392 e. The maximum absolute atomic E-state index is 12.8. The van der Waals surface area contributed by atoms with E-state index in [2.05, 4.69) is 16.2 Å². The first-order valence-corrected chi connectivity index (χ1v) is 15.9. The Bertz CT molecular complexity index is 1590. The van der Waals surface area contributed by atoms with Crippen LogP contribution < -0.4 is 4.72 Å². The summed E-state index contributed by atoms with van der Waals surface area (Å²) >= 11 is 0. The van der Waals surface area contributed by atoms with Gasteiger partial charge in [0.1, 0.15) is 0 Å². The zero-order chi connectivity index (χ0) is 30.2. The van der Waals surface area contributed by atoms with E-state index in [1.54, 1.807) is 30.3 Å². The van der Waals surface area contributed by atoms with E-state index in [0.29, 0.717) is 6.42 Å². The number of nitrogens with zero attached hydrogens (tertiary/aromatic N) is 1. The third kappa shape index (κ3) is 7.86. The van der Waals surface area contributed by atoms with Gasteiger partial charge in [-0.1, -0.05) is 97.1 Å². The van der Waals surface area contributed by atoms with Gasteiger partial charge in [0.2, 0.25) is 10.0 Å². The fraction of sp³-hybridized carbons (Fsp3) is 0.257. The van der Waals surface area contributed by atoms with E-state index in [9.17, 15) is 13.5 Å². The summed E-state index contributed by atoms with van der Waals surface area (Å²) in [5.74, 6) is 0. The molecule has 43 heavy (non-hydrogen) atoms. The monoisotopic (exact) mass is 598 g/mol. The Kier molecular flexibility index (Phi) is 10.2. The van der Waals surface area contributed by atoms with Gasteiger partial charge in [-0.2, -0.15) is 0 Å². The number of hydrogen-bond acceptors (Lipinski definition) is 6. The molecule has 0 amide bonds. The predicted octanol–water partition coefficient (Wildman–Crippen LogP) is 5.99. The highest BCUT2D eigenvalue weighted by molar-refractivity contribution is 7.89. The summed E-state index contributed by atoms with van der Waals surface area (Å²) in [6, 6.07) is 32.1. The van der Waals surface area contributed by atoms with Crippen molar-refractivity contribution in [2.75, 3.05) is 20.1 Å². The van der Waals surface area contributed by atoms with Crippen molar-refractivity contribution in [3.8, 4) is 11.1 Å². The van der Waals surface area contributed by atoms with E-state index in [4.69, 9.17) is 9.47 Å². The lowest BCUT2D eigenvalue weighted by atomic mass is 9.97. The van der Waals surface area contributed by atoms with Gasteiger partial charge in [0, 0.05) is 31.6 Å². The summed E-state index contributed by atoms with van der Waals surface area (Å²) in [4.78, 5) is 2.42. The highest BCUT2D eigenvalue weighted by Gasteiger charge is 2.32. The van der Waals surface area contributed by atoms with Crippen molar-refractivity contribution in [2.45, 2.75) is 43.0 Å². The lowest BCUT2D eigenvalue weighted by molar-refractivity contribution is -0.252. The molecule has 1 aliphatic heterocycles. The summed E-state index contributed by atoms with van der Waals surface area (Å²) in [6.07, 6.45) is 1.82. The zero-order valence-corrected chi connectivity index (χ0v) is 25.1. The summed E-state index contributed by atoms with van der Waals surface area (Å²) in [5.41, 5.74) is 5.59. The molecule has 4 aromatic rings. The van der Waals surface area contributed by atoms with Crippen LogP contribution in [0.4, 0.5) is 0 Å². The highest BCUT2D eigenvalue weighted by Crippen LogP contribution is 2.38. The van der Waals surface area contributed by atoms with Gasteiger partial charge in [0.25, 0.3) is 0 Å². The highest BCUT2D eigenvalue weighted by atomic mass is 32.2. The minimum Gasteiger partial charge on any atom is -0.392 e. The average molecular weight is 599 g/mol. The Morgan fingerprint density at radius 2 is 1.58 bits per heavy atom. The van der Waals surface area contributed by atoms with Gasteiger partial charge in [0.05, 0.1) is 23.7 Å². The van der Waals surface area contributed by atoms with E-state index in [0.717, 1.165) is 46.5 Å². The van der Waals surface area contributed by atoms with Crippen LogP contribution in [-0.4, -0.2) is 44.7 Å². The lowest BCUT2D eigenvalue weighted by Gasteiger charge is -2.37. The van der Waals surface area contributed by atoms with Crippen LogP contribution >= 0.6 is 0 Å². The molecule has 1 saturated heterocycles. The molecule has 4 aromatic carbocycles. The Morgan fingerprint density at radius 3 is 2.28 bits per heavy atom. The number of aliphatic hydroxyl groups is 1. The van der Waals surface area contributed by atoms with Crippen LogP contribution in [0.5, 0.6) is 0 Å². The van der Waals surface area contributed by atoms with Crippen molar-refractivity contribution in [3.05, 3.63) is 138 Å². The fourth-order valence-corrected chi connectivity index (χ4v) is 6.33. The Morgan fingerprint density at radius 1 is 0.907 bits per heavy atom. The quantitative estimate of drug-likeness (QED) is 0.195. The van der Waals surface area contributed by atoms with Crippen LogP contribution in [0, 0.1) is 0 Å². The van der Waals surface area contributed by atoms with Gasteiger partial charge < -0.3 is 19.5 Å². The van der Waals surface area contributed by atoms with Crippen LogP contribution in [0.2, 0.25) is 0 Å². The van der Waals surface area contributed by atoms with Crippen molar-refractivity contribution in [1.29, 1.82) is 0 Å². The summed E-state index contributed by atoms with van der Waals surface area (Å²) in [7, 11) is -1.58. The Hall–Kier alpha value is -3.63. The maximum Gasteiger partial charge on any atom is 0.240 e.